The molecule has 6 nitrogen and oxygen atoms in total. The minimum Gasteiger partial charge on any atom is -0.478 e. The molecule has 0 saturated heterocycles. The summed E-state index contributed by atoms with van der Waals surface area (Å²) < 4.78 is 33.6. The van der Waals surface area contributed by atoms with E-state index in [0.29, 0.717) is 29.4 Å². The average Bonchev–Trinajstić information content (AvgIpc) is 2.80. The quantitative estimate of drug-likeness (QED) is 0.507. The van der Waals surface area contributed by atoms with Crippen LogP contribution >= 0.6 is 11.6 Å². The maximum absolute atomic E-state index is 13.1. The van der Waals surface area contributed by atoms with Gasteiger partial charge in [-0.15, -0.1) is 0 Å². The molecule has 0 unspecified atom stereocenters. The van der Waals surface area contributed by atoms with Gasteiger partial charge in [-0.05, 0) is 86.8 Å². The van der Waals surface area contributed by atoms with Crippen LogP contribution in [0.4, 0.5) is 5.69 Å². The summed E-state index contributed by atoms with van der Waals surface area (Å²) in [5.74, 6) is 0.217. The minimum atomic E-state index is -3.60. The minimum absolute atomic E-state index is 0.250. The Balaban J connectivity index is 1.48. The summed E-state index contributed by atoms with van der Waals surface area (Å²) in [6.45, 7) is 5.96. The number of hydrogen-bond acceptors (Lipinski definition) is 4. The van der Waals surface area contributed by atoms with Crippen molar-refractivity contribution in [2.75, 3.05) is 11.9 Å². The number of hydrogen-bond donors (Lipinski definition) is 1. The fourth-order valence-corrected chi connectivity index (χ4v) is 5.34. The highest BCUT2D eigenvalue weighted by Crippen LogP contribution is 2.28. The van der Waals surface area contributed by atoms with Crippen LogP contribution in [0.25, 0.3) is 0 Å². The number of carbonyl (C=O) groups excluding carboxylic acids is 1. The summed E-state index contributed by atoms with van der Waals surface area (Å²) in [6.07, 6.45) is 0.611. The zero-order chi connectivity index (χ0) is 24.5. The molecule has 34 heavy (non-hydrogen) atoms. The van der Waals surface area contributed by atoms with Gasteiger partial charge in [0.1, 0.15) is 5.75 Å². The van der Waals surface area contributed by atoms with Gasteiger partial charge in [-0.1, -0.05) is 35.4 Å². The summed E-state index contributed by atoms with van der Waals surface area (Å²) in [5, 5.41) is 3.48. The first-order chi connectivity index (χ1) is 16.0. The third-order valence-electron chi connectivity index (χ3n) is 5.83. The second kappa shape index (κ2) is 9.41. The van der Waals surface area contributed by atoms with E-state index in [1.54, 1.807) is 62.4 Å². The number of rotatable bonds is 6. The van der Waals surface area contributed by atoms with Crippen molar-refractivity contribution in [3.05, 3.63) is 88.4 Å². The lowest BCUT2D eigenvalue weighted by Crippen LogP contribution is -2.42. The molecule has 0 fully saturated rings. The predicted octanol–water partition coefficient (Wildman–Crippen LogP) is 5.19. The fraction of sp³-hybridized carbons (Fsp3) is 0.269. The van der Waals surface area contributed by atoms with Crippen LogP contribution in [0.3, 0.4) is 0 Å². The number of fused-ring (bicyclic) bond motifs is 1. The standard InChI is InChI=1S/C26H27ClN2O4S/c1-18-4-12-24(13-5-18)34(31,32)29-15-14-19-6-9-22(16-20(19)17-29)28-25(30)26(2,3)33-23-10-7-21(27)8-11-23/h4-13,16H,14-15,17H2,1-3H3,(H,28,30). The Morgan fingerprint density at radius 3 is 2.35 bits per heavy atom. The summed E-state index contributed by atoms with van der Waals surface area (Å²) in [7, 11) is -3.60. The third kappa shape index (κ3) is 5.27. The molecule has 1 amide bonds. The SMILES string of the molecule is Cc1ccc(S(=O)(=O)N2CCc3ccc(NC(=O)C(C)(C)Oc4ccc(Cl)cc4)cc3C2)cc1. The van der Waals surface area contributed by atoms with Crippen LogP contribution in [0.15, 0.2) is 71.6 Å². The van der Waals surface area contributed by atoms with Gasteiger partial charge in [0, 0.05) is 23.8 Å². The number of nitrogens with zero attached hydrogens (tertiary/aromatic N) is 1. The number of halogens is 1. The molecule has 0 saturated carbocycles. The smallest absolute Gasteiger partial charge is 0.267 e. The second-order valence-corrected chi connectivity index (χ2v) is 11.3. The molecule has 1 N–H and O–H groups in total. The van der Waals surface area contributed by atoms with Crippen LogP contribution in [0.1, 0.15) is 30.5 Å². The Hall–Kier alpha value is -2.87. The largest absolute Gasteiger partial charge is 0.478 e. The summed E-state index contributed by atoms with van der Waals surface area (Å²) in [4.78, 5) is 13.2. The Morgan fingerprint density at radius 2 is 1.68 bits per heavy atom. The molecule has 0 aromatic heterocycles. The number of carbonyl (C=O) groups is 1. The molecule has 0 radical (unpaired) electrons. The summed E-state index contributed by atoms with van der Waals surface area (Å²) >= 11 is 5.91. The van der Waals surface area contributed by atoms with Crippen molar-refractivity contribution < 1.29 is 17.9 Å². The van der Waals surface area contributed by atoms with Gasteiger partial charge in [0.15, 0.2) is 5.60 Å². The van der Waals surface area contributed by atoms with Gasteiger partial charge < -0.3 is 10.1 Å². The van der Waals surface area contributed by atoms with E-state index in [0.717, 1.165) is 16.7 Å². The fourth-order valence-electron chi connectivity index (χ4n) is 3.80. The Kier molecular flexibility index (Phi) is 6.71. The van der Waals surface area contributed by atoms with Crippen molar-refractivity contribution in [2.45, 2.75) is 44.2 Å². The molecule has 1 heterocycles. The van der Waals surface area contributed by atoms with Crippen molar-refractivity contribution >= 4 is 33.2 Å². The van der Waals surface area contributed by atoms with Gasteiger partial charge in [-0.25, -0.2) is 8.42 Å². The lowest BCUT2D eigenvalue weighted by atomic mass is 10.00. The lowest BCUT2D eigenvalue weighted by molar-refractivity contribution is -0.128. The first kappa shape index (κ1) is 24.3. The monoisotopic (exact) mass is 498 g/mol. The van der Waals surface area contributed by atoms with Crippen molar-refractivity contribution in [3.63, 3.8) is 0 Å². The Labute approximate surface area is 205 Å². The number of sulfonamides is 1. The van der Waals surface area contributed by atoms with E-state index in [9.17, 15) is 13.2 Å². The van der Waals surface area contributed by atoms with Crippen LogP contribution in [0, 0.1) is 6.92 Å². The van der Waals surface area contributed by atoms with Crippen molar-refractivity contribution in [2.24, 2.45) is 0 Å². The normalized spacial score (nSPS) is 14.4. The molecular formula is C26H27ClN2O4S. The molecule has 0 aliphatic carbocycles. The van der Waals surface area contributed by atoms with Crippen LogP contribution in [-0.4, -0.2) is 30.8 Å². The first-order valence-electron chi connectivity index (χ1n) is 11.0. The Morgan fingerprint density at radius 1 is 1.00 bits per heavy atom. The van der Waals surface area contributed by atoms with E-state index in [1.165, 1.54) is 4.31 Å². The molecule has 0 atom stereocenters. The molecule has 3 aromatic carbocycles. The molecule has 4 rings (SSSR count). The number of amides is 1. The molecule has 3 aromatic rings. The topological polar surface area (TPSA) is 75.7 Å². The van der Waals surface area contributed by atoms with E-state index in [1.807, 2.05) is 25.1 Å². The van der Waals surface area contributed by atoms with Crippen LogP contribution < -0.4 is 10.1 Å². The summed E-state index contributed by atoms with van der Waals surface area (Å²) in [5.41, 5.74) is 2.41. The third-order valence-corrected chi connectivity index (χ3v) is 7.94. The molecule has 0 bridgehead atoms. The highest BCUT2D eigenvalue weighted by molar-refractivity contribution is 7.89. The van der Waals surface area contributed by atoms with Crippen LogP contribution in [0.2, 0.25) is 5.02 Å². The second-order valence-electron chi connectivity index (χ2n) is 8.91. The van der Waals surface area contributed by atoms with E-state index >= 15 is 0 Å². The first-order valence-corrected chi connectivity index (χ1v) is 12.8. The van der Waals surface area contributed by atoms with Crippen molar-refractivity contribution in [3.8, 4) is 5.75 Å². The highest BCUT2D eigenvalue weighted by Gasteiger charge is 2.31. The Bertz CT molecular complexity index is 1300. The van der Waals surface area contributed by atoms with E-state index in [-0.39, 0.29) is 17.3 Å². The zero-order valence-corrected chi connectivity index (χ0v) is 20.9. The van der Waals surface area contributed by atoms with Crippen LogP contribution in [0.5, 0.6) is 5.75 Å². The van der Waals surface area contributed by atoms with Crippen molar-refractivity contribution in [1.82, 2.24) is 4.31 Å². The van der Waals surface area contributed by atoms with Crippen molar-refractivity contribution in [1.29, 1.82) is 0 Å². The summed E-state index contributed by atoms with van der Waals surface area (Å²) in [6, 6.07) is 19.3. The molecule has 0 spiro atoms. The molecule has 178 valence electrons. The average molecular weight is 499 g/mol. The van der Waals surface area contributed by atoms with E-state index < -0.39 is 15.6 Å². The lowest BCUT2D eigenvalue weighted by Gasteiger charge is -2.29. The van der Waals surface area contributed by atoms with Crippen LogP contribution in [-0.2, 0) is 27.8 Å². The predicted molar refractivity (Wildman–Crippen MR) is 134 cm³/mol. The van der Waals surface area contributed by atoms with Gasteiger partial charge in [0.05, 0.1) is 4.90 Å². The number of benzene rings is 3. The molecule has 8 heteroatoms. The maximum Gasteiger partial charge on any atom is 0.267 e. The van der Waals surface area contributed by atoms with Gasteiger partial charge in [-0.2, -0.15) is 4.31 Å². The maximum atomic E-state index is 13.1. The number of ether oxygens (including phenoxy) is 1. The number of anilines is 1. The number of aryl methyl sites for hydroxylation is 1. The molecular weight excluding hydrogens is 472 g/mol. The molecule has 1 aliphatic heterocycles. The highest BCUT2D eigenvalue weighted by atomic mass is 35.5. The van der Waals surface area contributed by atoms with E-state index in [4.69, 9.17) is 16.3 Å². The van der Waals surface area contributed by atoms with Gasteiger partial charge in [0.2, 0.25) is 10.0 Å². The van der Waals surface area contributed by atoms with Gasteiger partial charge in [-0.3, -0.25) is 4.79 Å². The number of nitrogens with one attached hydrogen (secondary N) is 1. The van der Waals surface area contributed by atoms with E-state index in [2.05, 4.69) is 5.32 Å². The zero-order valence-electron chi connectivity index (χ0n) is 19.3. The molecule has 1 aliphatic rings. The van der Waals surface area contributed by atoms with Gasteiger partial charge in [0.25, 0.3) is 5.91 Å². The van der Waals surface area contributed by atoms with Gasteiger partial charge >= 0.3 is 0 Å².